The van der Waals surface area contributed by atoms with Gasteiger partial charge in [-0.05, 0) is 30.3 Å². The molecule has 0 bridgehead atoms. The van der Waals surface area contributed by atoms with Gasteiger partial charge in [0.25, 0.3) is 5.91 Å². The Morgan fingerprint density at radius 2 is 2.05 bits per heavy atom. The zero-order valence-corrected chi connectivity index (χ0v) is 11.6. The molecular weight excluding hydrogens is 293 g/mol. The number of aliphatic hydroxyl groups is 1. The fourth-order valence-electron chi connectivity index (χ4n) is 1.69. The first-order chi connectivity index (χ1) is 10.1. The molecule has 0 aliphatic rings. The Bertz CT molecular complexity index is 735. The summed E-state index contributed by atoms with van der Waals surface area (Å²) in [4.78, 5) is 12.1. The molecule has 1 amide bonds. The average Bonchev–Trinajstić information content (AvgIpc) is 2.48. The molecule has 0 radical (unpaired) electrons. The highest BCUT2D eigenvalue weighted by Crippen LogP contribution is 2.21. The van der Waals surface area contributed by atoms with Crippen LogP contribution in [0.3, 0.4) is 0 Å². The van der Waals surface area contributed by atoms with Gasteiger partial charge < -0.3 is 10.4 Å². The van der Waals surface area contributed by atoms with Crippen molar-refractivity contribution in [2.24, 2.45) is 0 Å². The Kier molecular flexibility index (Phi) is 4.94. The SMILES string of the molecule is O=C(Nc1cccc(C#CCO)c1)c1cccc(F)c1Cl. The Morgan fingerprint density at radius 3 is 2.81 bits per heavy atom. The van der Waals surface area contributed by atoms with Crippen LogP contribution in [0.25, 0.3) is 0 Å². The van der Waals surface area contributed by atoms with Gasteiger partial charge in [0.1, 0.15) is 12.4 Å². The topological polar surface area (TPSA) is 49.3 Å². The van der Waals surface area contributed by atoms with Gasteiger partial charge >= 0.3 is 0 Å². The molecule has 0 aromatic heterocycles. The highest BCUT2D eigenvalue weighted by atomic mass is 35.5. The van der Waals surface area contributed by atoms with Crippen molar-refractivity contribution in [3.8, 4) is 11.8 Å². The van der Waals surface area contributed by atoms with E-state index in [0.29, 0.717) is 11.3 Å². The summed E-state index contributed by atoms with van der Waals surface area (Å²) in [6.07, 6.45) is 0. The molecule has 2 aromatic carbocycles. The van der Waals surface area contributed by atoms with Gasteiger partial charge in [0, 0.05) is 11.3 Å². The van der Waals surface area contributed by atoms with Gasteiger partial charge in [0.2, 0.25) is 0 Å². The van der Waals surface area contributed by atoms with Crippen LogP contribution in [0.5, 0.6) is 0 Å². The molecule has 2 aromatic rings. The van der Waals surface area contributed by atoms with Crippen molar-refractivity contribution in [1.82, 2.24) is 0 Å². The van der Waals surface area contributed by atoms with Gasteiger partial charge in [-0.25, -0.2) is 4.39 Å². The normalized spacial score (nSPS) is 9.67. The molecule has 3 nitrogen and oxygen atoms in total. The first-order valence-corrected chi connectivity index (χ1v) is 6.45. The summed E-state index contributed by atoms with van der Waals surface area (Å²) in [5, 5.41) is 11.1. The monoisotopic (exact) mass is 303 g/mol. The van der Waals surface area contributed by atoms with Crippen molar-refractivity contribution in [3.05, 3.63) is 64.4 Å². The fourth-order valence-corrected chi connectivity index (χ4v) is 1.91. The molecule has 0 spiro atoms. The number of hydrogen-bond donors (Lipinski definition) is 2. The van der Waals surface area contributed by atoms with Crippen LogP contribution in [-0.2, 0) is 0 Å². The van der Waals surface area contributed by atoms with E-state index in [9.17, 15) is 9.18 Å². The van der Waals surface area contributed by atoms with Crippen LogP contribution >= 0.6 is 11.6 Å². The first kappa shape index (κ1) is 15.0. The molecule has 21 heavy (non-hydrogen) atoms. The molecule has 0 saturated carbocycles. The summed E-state index contributed by atoms with van der Waals surface area (Å²) < 4.78 is 13.3. The summed E-state index contributed by atoms with van der Waals surface area (Å²) in [5.41, 5.74) is 1.21. The number of rotatable bonds is 2. The number of carbonyl (C=O) groups excluding carboxylic acids is 1. The van der Waals surface area contributed by atoms with Crippen LogP contribution < -0.4 is 5.32 Å². The third kappa shape index (κ3) is 3.82. The minimum absolute atomic E-state index is 0.0588. The van der Waals surface area contributed by atoms with Crippen LogP contribution in [0.15, 0.2) is 42.5 Å². The second kappa shape index (κ2) is 6.89. The van der Waals surface area contributed by atoms with Gasteiger partial charge in [-0.2, -0.15) is 0 Å². The summed E-state index contributed by atoms with van der Waals surface area (Å²) in [6, 6.07) is 10.8. The van der Waals surface area contributed by atoms with Gasteiger partial charge in [-0.15, -0.1) is 0 Å². The third-order valence-corrected chi connectivity index (χ3v) is 3.01. The Labute approximate surface area is 126 Å². The maximum atomic E-state index is 13.3. The molecule has 106 valence electrons. The predicted molar refractivity (Wildman–Crippen MR) is 79.8 cm³/mol. The number of anilines is 1. The quantitative estimate of drug-likeness (QED) is 0.838. The van der Waals surface area contributed by atoms with E-state index in [1.54, 1.807) is 24.3 Å². The van der Waals surface area contributed by atoms with Gasteiger partial charge in [0.15, 0.2) is 0 Å². The standard InChI is InChI=1S/C16H11ClFNO2/c17-15-13(7-2-8-14(15)18)16(21)19-12-6-1-4-11(10-12)5-3-9-20/h1-2,4,6-8,10,20H,9H2,(H,19,21). The van der Waals surface area contributed by atoms with Crippen LogP contribution in [-0.4, -0.2) is 17.6 Å². The summed E-state index contributed by atoms with van der Waals surface area (Å²) in [5.74, 6) is 4.09. The van der Waals surface area contributed by atoms with Crippen molar-refractivity contribution in [1.29, 1.82) is 0 Å². The molecule has 0 heterocycles. The van der Waals surface area contributed by atoms with Gasteiger partial charge in [-0.3, -0.25) is 4.79 Å². The van der Waals surface area contributed by atoms with Crippen molar-refractivity contribution in [2.45, 2.75) is 0 Å². The Hall–Kier alpha value is -2.35. The van der Waals surface area contributed by atoms with Gasteiger partial charge in [0.05, 0.1) is 10.6 Å². The maximum absolute atomic E-state index is 13.3. The molecule has 0 fully saturated rings. The van der Waals surface area contributed by atoms with E-state index in [0.717, 1.165) is 0 Å². The lowest BCUT2D eigenvalue weighted by Crippen LogP contribution is -2.13. The molecule has 2 N–H and O–H groups in total. The highest BCUT2D eigenvalue weighted by molar-refractivity contribution is 6.34. The molecule has 0 aliphatic carbocycles. The van der Waals surface area contributed by atoms with E-state index >= 15 is 0 Å². The van der Waals surface area contributed by atoms with E-state index in [2.05, 4.69) is 17.2 Å². The molecule has 0 atom stereocenters. The Balaban J connectivity index is 2.22. The fraction of sp³-hybridized carbons (Fsp3) is 0.0625. The van der Waals surface area contributed by atoms with E-state index in [-0.39, 0.29) is 17.2 Å². The predicted octanol–water partition coefficient (Wildman–Crippen LogP) is 3.08. The lowest BCUT2D eigenvalue weighted by molar-refractivity contribution is 0.102. The van der Waals surface area contributed by atoms with Crippen LogP contribution in [0.4, 0.5) is 10.1 Å². The van der Waals surface area contributed by atoms with Gasteiger partial charge in [-0.1, -0.05) is 35.6 Å². The number of aliphatic hydroxyl groups excluding tert-OH is 1. The lowest BCUT2D eigenvalue weighted by Gasteiger charge is -2.07. The number of carbonyl (C=O) groups is 1. The van der Waals surface area contributed by atoms with E-state index in [1.807, 2.05) is 0 Å². The molecule has 0 unspecified atom stereocenters. The number of amides is 1. The summed E-state index contributed by atoms with van der Waals surface area (Å²) >= 11 is 5.77. The van der Waals surface area contributed by atoms with E-state index < -0.39 is 11.7 Å². The summed E-state index contributed by atoms with van der Waals surface area (Å²) in [6.45, 7) is -0.241. The Morgan fingerprint density at radius 1 is 1.29 bits per heavy atom. The van der Waals surface area contributed by atoms with Crippen molar-refractivity contribution < 1.29 is 14.3 Å². The summed E-state index contributed by atoms with van der Waals surface area (Å²) in [7, 11) is 0. The number of nitrogens with one attached hydrogen (secondary N) is 1. The highest BCUT2D eigenvalue weighted by Gasteiger charge is 2.13. The molecular formula is C16H11ClFNO2. The number of halogens is 2. The molecule has 0 aliphatic heterocycles. The minimum Gasteiger partial charge on any atom is -0.384 e. The van der Waals surface area contributed by atoms with Crippen molar-refractivity contribution >= 4 is 23.2 Å². The second-order valence-corrected chi connectivity index (χ2v) is 4.47. The van der Waals surface area contributed by atoms with E-state index in [4.69, 9.17) is 16.7 Å². The minimum atomic E-state index is -0.646. The maximum Gasteiger partial charge on any atom is 0.257 e. The largest absolute Gasteiger partial charge is 0.384 e. The van der Waals surface area contributed by atoms with Crippen LogP contribution in [0.1, 0.15) is 15.9 Å². The third-order valence-electron chi connectivity index (χ3n) is 2.63. The van der Waals surface area contributed by atoms with Crippen molar-refractivity contribution in [2.75, 3.05) is 11.9 Å². The lowest BCUT2D eigenvalue weighted by atomic mass is 10.1. The molecule has 0 saturated heterocycles. The molecule has 5 heteroatoms. The number of benzene rings is 2. The smallest absolute Gasteiger partial charge is 0.257 e. The number of hydrogen-bond acceptors (Lipinski definition) is 2. The molecule has 2 rings (SSSR count). The van der Waals surface area contributed by atoms with Crippen LogP contribution in [0, 0.1) is 17.7 Å². The first-order valence-electron chi connectivity index (χ1n) is 6.07. The zero-order chi connectivity index (χ0) is 15.2. The van der Waals surface area contributed by atoms with E-state index in [1.165, 1.54) is 18.2 Å². The zero-order valence-electron chi connectivity index (χ0n) is 10.9. The van der Waals surface area contributed by atoms with Crippen LogP contribution in [0.2, 0.25) is 5.02 Å². The van der Waals surface area contributed by atoms with Crippen molar-refractivity contribution in [3.63, 3.8) is 0 Å². The average molecular weight is 304 g/mol. The second-order valence-electron chi connectivity index (χ2n) is 4.10.